The molecule has 0 aliphatic carbocycles. The largest absolute Gasteiger partial charge is 0.481 e. The summed E-state index contributed by atoms with van der Waals surface area (Å²) < 4.78 is 0. The van der Waals surface area contributed by atoms with Gasteiger partial charge in [0, 0.05) is 12.1 Å². The van der Waals surface area contributed by atoms with Crippen molar-refractivity contribution in [2.75, 3.05) is 19.6 Å². The van der Waals surface area contributed by atoms with E-state index >= 15 is 0 Å². The molecular formula is C11H23N3O3. The highest BCUT2D eigenvalue weighted by atomic mass is 16.4. The number of carbonyl (C=O) groups is 2. The van der Waals surface area contributed by atoms with Crippen molar-refractivity contribution in [3.63, 3.8) is 0 Å². The SMILES string of the molecule is CCNCCCNC(=O)NC(C)(C)CC(=O)O. The molecule has 0 spiro atoms. The van der Waals surface area contributed by atoms with Gasteiger partial charge in [-0.1, -0.05) is 6.92 Å². The summed E-state index contributed by atoms with van der Waals surface area (Å²) in [6.45, 7) is 7.72. The summed E-state index contributed by atoms with van der Waals surface area (Å²) in [5.41, 5.74) is -0.739. The van der Waals surface area contributed by atoms with Crippen molar-refractivity contribution in [2.45, 2.75) is 39.2 Å². The smallest absolute Gasteiger partial charge is 0.315 e. The maximum Gasteiger partial charge on any atom is 0.315 e. The van der Waals surface area contributed by atoms with E-state index in [2.05, 4.69) is 16.0 Å². The van der Waals surface area contributed by atoms with Gasteiger partial charge >= 0.3 is 12.0 Å². The van der Waals surface area contributed by atoms with Crippen LogP contribution >= 0.6 is 0 Å². The molecule has 17 heavy (non-hydrogen) atoms. The highest BCUT2D eigenvalue weighted by Crippen LogP contribution is 2.07. The van der Waals surface area contributed by atoms with E-state index in [1.165, 1.54) is 0 Å². The zero-order valence-corrected chi connectivity index (χ0v) is 10.8. The second kappa shape index (κ2) is 7.89. The number of rotatable bonds is 8. The number of urea groups is 1. The van der Waals surface area contributed by atoms with Crippen LogP contribution in [0.25, 0.3) is 0 Å². The van der Waals surface area contributed by atoms with Crippen LogP contribution in [0.4, 0.5) is 4.79 Å². The summed E-state index contributed by atoms with van der Waals surface area (Å²) in [6, 6.07) is -0.326. The van der Waals surface area contributed by atoms with Gasteiger partial charge in [-0.2, -0.15) is 0 Å². The predicted octanol–water partition coefficient (Wildman–Crippen LogP) is 0.539. The second-order valence-electron chi connectivity index (χ2n) is 4.54. The third kappa shape index (κ3) is 9.62. The molecule has 0 aromatic heterocycles. The van der Waals surface area contributed by atoms with Crippen LogP contribution in [0, 0.1) is 0 Å². The standard InChI is InChI=1S/C11H23N3O3/c1-4-12-6-5-7-13-10(17)14-11(2,3)8-9(15)16/h12H,4-8H2,1-3H3,(H,15,16)(H2,13,14,17). The normalized spacial score (nSPS) is 11.0. The Bertz CT molecular complexity index is 254. The van der Waals surface area contributed by atoms with Crippen LogP contribution < -0.4 is 16.0 Å². The van der Waals surface area contributed by atoms with Gasteiger partial charge in [0.25, 0.3) is 0 Å². The van der Waals surface area contributed by atoms with Crippen LogP contribution in [-0.4, -0.2) is 42.3 Å². The van der Waals surface area contributed by atoms with Crippen LogP contribution in [0.2, 0.25) is 0 Å². The van der Waals surface area contributed by atoms with Crippen molar-refractivity contribution in [2.24, 2.45) is 0 Å². The molecule has 0 rings (SSSR count). The van der Waals surface area contributed by atoms with E-state index in [1.807, 2.05) is 6.92 Å². The summed E-state index contributed by atoms with van der Waals surface area (Å²) in [6.07, 6.45) is 0.748. The second-order valence-corrected chi connectivity index (χ2v) is 4.54. The van der Waals surface area contributed by atoms with E-state index in [0.717, 1.165) is 19.5 Å². The summed E-state index contributed by atoms with van der Waals surface area (Å²) >= 11 is 0. The number of carboxylic acids is 1. The first-order chi connectivity index (χ1) is 7.87. The lowest BCUT2D eigenvalue weighted by Gasteiger charge is -2.24. The van der Waals surface area contributed by atoms with Gasteiger partial charge in [0.15, 0.2) is 0 Å². The molecule has 6 heteroatoms. The van der Waals surface area contributed by atoms with Crippen LogP contribution in [-0.2, 0) is 4.79 Å². The van der Waals surface area contributed by atoms with E-state index < -0.39 is 11.5 Å². The van der Waals surface area contributed by atoms with Gasteiger partial charge in [-0.05, 0) is 33.4 Å². The Labute approximate surface area is 102 Å². The lowest BCUT2D eigenvalue weighted by atomic mass is 10.0. The van der Waals surface area contributed by atoms with E-state index in [0.29, 0.717) is 6.54 Å². The summed E-state index contributed by atoms with van der Waals surface area (Å²) in [4.78, 5) is 22.0. The van der Waals surface area contributed by atoms with Crippen molar-refractivity contribution in [3.05, 3.63) is 0 Å². The Morgan fingerprint density at radius 3 is 2.41 bits per heavy atom. The Morgan fingerprint density at radius 2 is 1.88 bits per heavy atom. The number of carbonyl (C=O) groups excluding carboxylic acids is 1. The summed E-state index contributed by atoms with van der Waals surface area (Å²) in [5.74, 6) is -0.928. The lowest BCUT2D eigenvalue weighted by Crippen LogP contribution is -2.49. The lowest BCUT2D eigenvalue weighted by molar-refractivity contribution is -0.138. The molecule has 0 bridgehead atoms. The third-order valence-electron chi connectivity index (χ3n) is 2.11. The van der Waals surface area contributed by atoms with Crippen molar-refractivity contribution in [3.8, 4) is 0 Å². The van der Waals surface area contributed by atoms with Gasteiger partial charge in [0.1, 0.15) is 0 Å². The topological polar surface area (TPSA) is 90.5 Å². The first-order valence-electron chi connectivity index (χ1n) is 5.86. The van der Waals surface area contributed by atoms with Crippen LogP contribution in [0.3, 0.4) is 0 Å². The Balaban J connectivity index is 3.73. The number of hydrogen-bond donors (Lipinski definition) is 4. The maximum absolute atomic E-state index is 11.4. The Morgan fingerprint density at radius 1 is 1.24 bits per heavy atom. The summed E-state index contributed by atoms with van der Waals surface area (Å²) in [5, 5.41) is 17.1. The highest BCUT2D eigenvalue weighted by molar-refractivity contribution is 5.76. The molecule has 4 N–H and O–H groups in total. The van der Waals surface area contributed by atoms with Crippen molar-refractivity contribution >= 4 is 12.0 Å². The number of amides is 2. The van der Waals surface area contributed by atoms with Gasteiger partial charge in [-0.3, -0.25) is 4.79 Å². The maximum atomic E-state index is 11.4. The third-order valence-corrected chi connectivity index (χ3v) is 2.11. The van der Waals surface area contributed by atoms with Crippen molar-refractivity contribution in [1.82, 2.24) is 16.0 Å². The molecule has 0 aliphatic rings. The van der Waals surface area contributed by atoms with E-state index in [1.54, 1.807) is 13.8 Å². The predicted molar refractivity (Wildman–Crippen MR) is 66.0 cm³/mol. The average molecular weight is 245 g/mol. The molecule has 0 aliphatic heterocycles. The minimum Gasteiger partial charge on any atom is -0.481 e. The number of hydrogen-bond acceptors (Lipinski definition) is 3. The average Bonchev–Trinajstić information content (AvgIpc) is 2.14. The van der Waals surface area contributed by atoms with Gasteiger partial charge in [-0.15, -0.1) is 0 Å². The Hall–Kier alpha value is -1.30. The molecule has 0 unspecified atom stereocenters. The fourth-order valence-corrected chi connectivity index (χ4v) is 1.37. The van der Waals surface area contributed by atoms with Crippen LogP contribution in [0.5, 0.6) is 0 Å². The molecule has 0 fully saturated rings. The van der Waals surface area contributed by atoms with Gasteiger partial charge in [-0.25, -0.2) is 4.79 Å². The van der Waals surface area contributed by atoms with E-state index in [-0.39, 0.29) is 12.5 Å². The highest BCUT2D eigenvalue weighted by Gasteiger charge is 2.23. The molecule has 0 saturated carbocycles. The fraction of sp³-hybridized carbons (Fsp3) is 0.818. The zero-order valence-electron chi connectivity index (χ0n) is 10.8. The molecule has 6 nitrogen and oxygen atoms in total. The quantitative estimate of drug-likeness (QED) is 0.470. The van der Waals surface area contributed by atoms with Crippen molar-refractivity contribution < 1.29 is 14.7 Å². The summed E-state index contributed by atoms with van der Waals surface area (Å²) in [7, 11) is 0. The first-order valence-corrected chi connectivity index (χ1v) is 5.86. The molecule has 0 aromatic rings. The van der Waals surface area contributed by atoms with Gasteiger partial charge < -0.3 is 21.1 Å². The fourth-order valence-electron chi connectivity index (χ4n) is 1.37. The molecule has 100 valence electrons. The molecule has 0 atom stereocenters. The molecular weight excluding hydrogens is 222 g/mol. The van der Waals surface area contributed by atoms with Crippen molar-refractivity contribution in [1.29, 1.82) is 0 Å². The number of nitrogens with one attached hydrogen (secondary N) is 3. The van der Waals surface area contributed by atoms with Gasteiger partial charge in [0.05, 0.1) is 6.42 Å². The van der Waals surface area contributed by atoms with E-state index in [9.17, 15) is 9.59 Å². The monoisotopic (exact) mass is 245 g/mol. The van der Waals surface area contributed by atoms with Crippen LogP contribution in [0.15, 0.2) is 0 Å². The number of aliphatic carboxylic acids is 1. The Kier molecular flexibility index (Phi) is 7.29. The molecule has 2 amide bonds. The van der Waals surface area contributed by atoms with Crippen LogP contribution in [0.1, 0.15) is 33.6 Å². The van der Waals surface area contributed by atoms with E-state index in [4.69, 9.17) is 5.11 Å². The molecule has 0 radical (unpaired) electrons. The number of carboxylic acid groups (broad SMARTS) is 1. The first kappa shape index (κ1) is 15.7. The molecule has 0 saturated heterocycles. The minimum absolute atomic E-state index is 0.0994. The molecule has 0 aromatic carbocycles. The van der Waals surface area contributed by atoms with Gasteiger partial charge in [0.2, 0.25) is 0 Å². The minimum atomic E-state index is -0.928. The molecule has 0 heterocycles. The zero-order chi connectivity index (χ0) is 13.3.